The van der Waals surface area contributed by atoms with Crippen molar-refractivity contribution in [1.29, 1.82) is 0 Å². The number of hydrogen-bond acceptors (Lipinski definition) is 3. The van der Waals surface area contributed by atoms with E-state index in [1.165, 1.54) is 0 Å². The first-order valence-electron chi connectivity index (χ1n) is 7.07. The highest BCUT2D eigenvalue weighted by molar-refractivity contribution is 9.10. The van der Waals surface area contributed by atoms with Gasteiger partial charge in [-0.15, -0.1) is 0 Å². The van der Waals surface area contributed by atoms with E-state index in [0.29, 0.717) is 12.2 Å². The molecule has 0 fully saturated rings. The molecule has 0 bridgehead atoms. The minimum Gasteiger partial charge on any atom is -0.396 e. The Morgan fingerprint density at radius 2 is 2.05 bits per heavy atom. The SMILES string of the molecule is C[C@H](O)c1nccn1[C@](C)(C#Cc1ccc(Br)cc1)CCO. The monoisotopic (exact) mass is 362 g/mol. The summed E-state index contributed by atoms with van der Waals surface area (Å²) in [6.45, 7) is 3.60. The van der Waals surface area contributed by atoms with Gasteiger partial charge in [0.05, 0.1) is 0 Å². The molecule has 0 radical (unpaired) electrons. The van der Waals surface area contributed by atoms with Crippen LogP contribution in [-0.4, -0.2) is 26.4 Å². The molecule has 4 nitrogen and oxygen atoms in total. The van der Waals surface area contributed by atoms with Crippen LogP contribution >= 0.6 is 15.9 Å². The second kappa shape index (κ2) is 7.10. The summed E-state index contributed by atoms with van der Waals surface area (Å²) in [6.07, 6.45) is 3.18. The number of imidazole rings is 1. The van der Waals surface area contributed by atoms with Crippen molar-refractivity contribution in [2.75, 3.05) is 6.61 Å². The Hall–Kier alpha value is -1.61. The van der Waals surface area contributed by atoms with Crippen molar-refractivity contribution in [2.24, 2.45) is 0 Å². The molecule has 2 rings (SSSR count). The number of halogens is 1. The van der Waals surface area contributed by atoms with Crippen LogP contribution in [0.3, 0.4) is 0 Å². The molecule has 0 aliphatic heterocycles. The Labute approximate surface area is 139 Å². The first kappa shape index (κ1) is 16.8. The lowest BCUT2D eigenvalue weighted by molar-refractivity contribution is 0.169. The molecule has 116 valence electrons. The number of hydrogen-bond donors (Lipinski definition) is 2. The van der Waals surface area contributed by atoms with Crippen molar-refractivity contribution in [3.8, 4) is 11.8 Å². The van der Waals surface area contributed by atoms with Gasteiger partial charge in [0.1, 0.15) is 17.5 Å². The van der Waals surface area contributed by atoms with Gasteiger partial charge in [-0.25, -0.2) is 4.98 Å². The summed E-state index contributed by atoms with van der Waals surface area (Å²) in [6, 6.07) is 7.73. The fourth-order valence-corrected chi connectivity index (χ4v) is 2.51. The number of aromatic nitrogens is 2. The Morgan fingerprint density at radius 3 is 2.64 bits per heavy atom. The normalized spacial score (nSPS) is 14.8. The Morgan fingerprint density at radius 1 is 1.36 bits per heavy atom. The summed E-state index contributed by atoms with van der Waals surface area (Å²) in [5, 5.41) is 19.2. The van der Waals surface area contributed by atoms with Gasteiger partial charge in [0.15, 0.2) is 0 Å². The summed E-state index contributed by atoms with van der Waals surface area (Å²) in [5.41, 5.74) is 0.260. The van der Waals surface area contributed by atoms with Crippen LogP contribution in [0, 0.1) is 11.8 Å². The Bertz CT molecular complexity index is 683. The maximum atomic E-state index is 9.84. The van der Waals surface area contributed by atoms with Crippen LogP contribution in [0.4, 0.5) is 0 Å². The number of benzene rings is 1. The molecular weight excluding hydrogens is 344 g/mol. The largest absolute Gasteiger partial charge is 0.396 e. The van der Waals surface area contributed by atoms with E-state index in [-0.39, 0.29) is 6.61 Å². The van der Waals surface area contributed by atoms with Gasteiger partial charge in [0.25, 0.3) is 0 Å². The minimum absolute atomic E-state index is 0.00292. The number of nitrogens with zero attached hydrogens (tertiary/aromatic N) is 2. The predicted molar refractivity (Wildman–Crippen MR) is 89.2 cm³/mol. The van der Waals surface area contributed by atoms with E-state index in [0.717, 1.165) is 10.0 Å². The Kier molecular flexibility index (Phi) is 5.41. The van der Waals surface area contributed by atoms with Crippen molar-refractivity contribution in [3.63, 3.8) is 0 Å². The molecular formula is C17H19BrN2O2. The lowest BCUT2D eigenvalue weighted by atomic mass is 9.97. The molecule has 1 aromatic carbocycles. The smallest absolute Gasteiger partial charge is 0.138 e. The lowest BCUT2D eigenvalue weighted by Crippen LogP contribution is -2.31. The quantitative estimate of drug-likeness (QED) is 0.822. The zero-order valence-corrected chi connectivity index (χ0v) is 14.2. The van der Waals surface area contributed by atoms with Crippen molar-refractivity contribution in [2.45, 2.75) is 31.9 Å². The molecule has 1 aromatic heterocycles. The van der Waals surface area contributed by atoms with Gasteiger partial charge in [-0.2, -0.15) is 0 Å². The highest BCUT2D eigenvalue weighted by Gasteiger charge is 2.27. The van der Waals surface area contributed by atoms with Crippen LogP contribution in [0.5, 0.6) is 0 Å². The van der Waals surface area contributed by atoms with E-state index in [9.17, 15) is 10.2 Å². The van der Waals surface area contributed by atoms with E-state index in [1.807, 2.05) is 35.8 Å². The molecule has 5 heteroatoms. The van der Waals surface area contributed by atoms with Crippen LogP contribution in [0.25, 0.3) is 0 Å². The average Bonchev–Trinajstić information content (AvgIpc) is 2.97. The summed E-state index contributed by atoms with van der Waals surface area (Å²) in [4.78, 5) is 4.19. The minimum atomic E-state index is -0.692. The third kappa shape index (κ3) is 3.77. The van der Waals surface area contributed by atoms with Gasteiger partial charge in [0, 0.05) is 35.5 Å². The van der Waals surface area contributed by atoms with Crippen molar-refractivity contribution in [1.82, 2.24) is 9.55 Å². The van der Waals surface area contributed by atoms with Gasteiger partial charge in [-0.1, -0.05) is 27.8 Å². The van der Waals surface area contributed by atoms with Crippen LogP contribution in [0.15, 0.2) is 41.1 Å². The first-order valence-corrected chi connectivity index (χ1v) is 7.87. The highest BCUT2D eigenvalue weighted by atomic mass is 79.9. The Balaban J connectivity index is 2.40. The standard InChI is InChI=1S/C17H19BrN2O2/c1-13(22)16-19-10-11-20(16)17(2,9-12-21)8-7-14-3-5-15(18)6-4-14/h3-6,10-11,13,21-22H,9,12H2,1-2H3/t13-,17+/m0/s1. The predicted octanol–water partition coefficient (Wildman–Crippen LogP) is 2.85. The van der Waals surface area contributed by atoms with Crippen molar-refractivity contribution < 1.29 is 10.2 Å². The van der Waals surface area contributed by atoms with Gasteiger partial charge < -0.3 is 14.8 Å². The van der Waals surface area contributed by atoms with Crippen LogP contribution in [0.1, 0.15) is 37.8 Å². The topological polar surface area (TPSA) is 58.3 Å². The molecule has 1 heterocycles. The maximum absolute atomic E-state index is 9.84. The van der Waals surface area contributed by atoms with Gasteiger partial charge in [-0.05, 0) is 38.1 Å². The molecule has 0 aliphatic carbocycles. The number of rotatable bonds is 4. The molecule has 2 aromatic rings. The number of aliphatic hydroxyl groups excluding tert-OH is 2. The fourth-order valence-electron chi connectivity index (χ4n) is 2.24. The second-order valence-electron chi connectivity index (χ2n) is 5.34. The van der Waals surface area contributed by atoms with Gasteiger partial charge in [0.2, 0.25) is 0 Å². The summed E-state index contributed by atoms with van der Waals surface area (Å²) in [7, 11) is 0. The molecule has 0 unspecified atom stereocenters. The van der Waals surface area contributed by atoms with Crippen molar-refractivity contribution in [3.05, 3.63) is 52.5 Å². The summed E-state index contributed by atoms with van der Waals surface area (Å²) >= 11 is 3.40. The second-order valence-corrected chi connectivity index (χ2v) is 6.25. The highest BCUT2D eigenvalue weighted by Crippen LogP contribution is 2.24. The molecule has 0 aliphatic rings. The zero-order chi connectivity index (χ0) is 16.2. The summed E-state index contributed by atoms with van der Waals surface area (Å²) < 4.78 is 2.84. The molecule has 2 N–H and O–H groups in total. The van der Waals surface area contributed by atoms with Gasteiger partial charge in [-0.3, -0.25) is 0 Å². The average molecular weight is 363 g/mol. The first-order chi connectivity index (χ1) is 10.5. The van der Waals surface area contributed by atoms with E-state index < -0.39 is 11.6 Å². The summed E-state index contributed by atoms with van der Waals surface area (Å²) in [5.74, 6) is 6.90. The van der Waals surface area contributed by atoms with E-state index >= 15 is 0 Å². The molecule has 2 atom stereocenters. The van der Waals surface area contributed by atoms with Crippen LogP contribution in [0.2, 0.25) is 0 Å². The third-order valence-electron chi connectivity index (χ3n) is 3.49. The van der Waals surface area contributed by atoms with Gasteiger partial charge >= 0.3 is 0 Å². The van der Waals surface area contributed by atoms with Crippen molar-refractivity contribution >= 4 is 15.9 Å². The lowest BCUT2D eigenvalue weighted by Gasteiger charge is -2.27. The molecule has 0 amide bonds. The third-order valence-corrected chi connectivity index (χ3v) is 4.02. The molecule has 0 saturated heterocycles. The van der Waals surface area contributed by atoms with E-state index in [1.54, 1.807) is 19.3 Å². The van der Waals surface area contributed by atoms with Crippen LogP contribution in [-0.2, 0) is 5.54 Å². The molecule has 0 saturated carbocycles. The van der Waals surface area contributed by atoms with Crippen LogP contribution < -0.4 is 0 Å². The zero-order valence-electron chi connectivity index (χ0n) is 12.6. The molecule has 22 heavy (non-hydrogen) atoms. The molecule has 0 spiro atoms. The number of aliphatic hydroxyl groups is 2. The maximum Gasteiger partial charge on any atom is 0.138 e. The fraction of sp³-hybridized carbons (Fsp3) is 0.353. The van der Waals surface area contributed by atoms with E-state index in [2.05, 4.69) is 32.8 Å². The van der Waals surface area contributed by atoms with E-state index in [4.69, 9.17) is 0 Å².